The van der Waals surface area contributed by atoms with Crippen molar-refractivity contribution in [3.63, 3.8) is 0 Å². The fourth-order valence-electron chi connectivity index (χ4n) is 5.30. The van der Waals surface area contributed by atoms with Crippen molar-refractivity contribution < 1.29 is 27.4 Å². The van der Waals surface area contributed by atoms with Crippen LogP contribution in [0.2, 0.25) is 0 Å². The smallest absolute Gasteiger partial charge is 0.474 e. The maximum Gasteiger partial charge on any atom is 0.576 e. The molecule has 0 aromatic carbocycles. The number of hydrogen-bond donors (Lipinski definition) is 0. The second-order valence-corrected chi connectivity index (χ2v) is 9.03. The lowest BCUT2D eigenvalue weighted by atomic mass is 10.0. The van der Waals surface area contributed by atoms with Gasteiger partial charge in [0.05, 0.1) is 16.8 Å². The molecule has 0 N–H and O–H groups in total. The van der Waals surface area contributed by atoms with Crippen molar-refractivity contribution in [1.82, 2.24) is 39.2 Å². The number of rotatable bonds is 4. The molecule has 4 aromatic rings. The molecule has 4 aromatic heterocycles. The summed E-state index contributed by atoms with van der Waals surface area (Å²) in [6.45, 7) is 1.88. The molecule has 14 heteroatoms. The van der Waals surface area contributed by atoms with Crippen molar-refractivity contribution in [1.29, 1.82) is 0 Å². The molecule has 2 bridgehead atoms. The van der Waals surface area contributed by atoms with Crippen LogP contribution in [0.4, 0.5) is 18.0 Å². The summed E-state index contributed by atoms with van der Waals surface area (Å²) in [5.74, 6) is 1.01. The normalized spacial score (nSPS) is 21.4. The summed E-state index contributed by atoms with van der Waals surface area (Å²) in [5.41, 5.74) is 2.19. The molecular weight excluding hydrogens is 493 g/mol. The van der Waals surface area contributed by atoms with E-state index in [4.69, 9.17) is 4.74 Å². The molecule has 2 atom stereocenters. The van der Waals surface area contributed by atoms with Crippen LogP contribution in [-0.2, 0) is 4.74 Å². The minimum absolute atomic E-state index is 0.306. The van der Waals surface area contributed by atoms with Gasteiger partial charge < -0.3 is 14.4 Å². The molecule has 11 nitrogen and oxygen atoms in total. The Balaban J connectivity index is 1.22. The van der Waals surface area contributed by atoms with Crippen LogP contribution in [0.3, 0.4) is 0 Å². The van der Waals surface area contributed by atoms with Gasteiger partial charge in [-0.1, -0.05) is 0 Å². The number of halogens is 3. The van der Waals surface area contributed by atoms with Gasteiger partial charge in [0, 0.05) is 31.1 Å². The van der Waals surface area contributed by atoms with Gasteiger partial charge >= 0.3 is 12.5 Å². The van der Waals surface area contributed by atoms with Crippen LogP contribution in [-0.4, -0.2) is 69.8 Å². The molecule has 192 valence electrons. The molecule has 1 amide bonds. The maximum absolute atomic E-state index is 12.6. The SMILES string of the molecule is Cc1nc(-n2cncn2)ccc1-n1ccc2c(OC3C[C@@H]4CC[C@@H](C3)N4C(=O)OC(F)(F)F)ncnc21. The largest absolute Gasteiger partial charge is 0.576 e. The number of ether oxygens (including phenoxy) is 2. The third-order valence-electron chi connectivity index (χ3n) is 6.78. The van der Waals surface area contributed by atoms with E-state index in [1.165, 1.54) is 17.6 Å². The van der Waals surface area contributed by atoms with Crippen molar-refractivity contribution in [3.8, 4) is 17.4 Å². The highest BCUT2D eigenvalue weighted by Gasteiger charge is 2.48. The number of alkyl halides is 3. The zero-order chi connectivity index (χ0) is 25.7. The second kappa shape index (κ2) is 8.71. The molecule has 2 aliphatic rings. The average Bonchev–Trinajstić information content (AvgIpc) is 3.57. The topological polar surface area (TPSA) is 113 Å². The summed E-state index contributed by atoms with van der Waals surface area (Å²) >= 11 is 0. The Labute approximate surface area is 207 Å². The molecule has 37 heavy (non-hydrogen) atoms. The van der Waals surface area contributed by atoms with Crippen LogP contribution in [0, 0.1) is 6.92 Å². The fourth-order valence-corrected chi connectivity index (χ4v) is 5.30. The van der Waals surface area contributed by atoms with Crippen LogP contribution in [0.5, 0.6) is 5.88 Å². The van der Waals surface area contributed by atoms with Gasteiger partial charge in [0.25, 0.3) is 0 Å². The van der Waals surface area contributed by atoms with Gasteiger partial charge in [-0.05, 0) is 38.0 Å². The average molecular weight is 514 g/mol. The fraction of sp³-hybridized carbons (Fsp3) is 0.391. The van der Waals surface area contributed by atoms with Gasteiger partial charge in [-0.25, -0.2) is 29.4 Å². The van der Waals surface area contributed by atoms with Crippen molar-refractivity contribution in [2.45, 2.75) is 57.2 Å². The summed E-state index contributed by atoms with van der Waals surface area (Å²) in [7, 11) is 0. The number of hydrogen-bond acceptors (Lipinski definition) is 8. The van der Waals surface area contributed by atoms with Crippen LogP contribution in [0.1, 0.15) is 31.4 Å². The first-order valence-electron chi connectivity index (χ1n) is 11.7. The molecule has 2 fully saturated rings. The van der Waals surface area contributed by atoms with Crippen molar-refractivity contribution in [2.24, 2.45) is 0 Å². The number of pyridine rings is 1. The van der Waals surface area contributed by atoms with E-state index in [0.717, 1.165) is 11.4 Å². The number of amides is 1. The molecule has 2 saturated heterocycles. The van der Waals surface area contributed by atoms with E-state index in [9.17, 15) is 18.0 Å². The number of aromatic nitrogens is 7. The first-order valence-corrected chi connectivity index (χ1v) is 11.7. The van der Waals surface area contributed by atoms with E-state index in [2.05, 4.69) is 29.8 Å². The zero-order valence-corrected chi connectivity index (χ0v) is 19.5. The number of fused-ring (bicyclic) bond motifs is 3. The minimum Gasteiger partial charge on any atom is -0.474 e. The number of carbonyl (C=O) groups is 1. The van der Waals surface area contributed by atoms with Crippen molar-refractivity contribution >= 4 is 17.1 Å². The number of carbonyl (C=O) groups excluding carboxylic acids is 1. The molecule has 0 radical (unpaired) electrons. The summed E-state index contributed by atoms with van der Waals surface area (Å²) in [6, 6.07) is 4.83. The van der Waals surface area contributed by atoms with Crippen LogP contribution < -0.4 is 4.74 Å². The molecule has 0 aliphatic carbocycles. The minimum atomic E-state index is -5.01. The Hall–Kier alpha value is -4.23. The molecular formula is C23H21F3N8O3. The lowest BCUT2D eigenvalue weighted by Gasteiger charge is -2.37. The predicted octanol–water partition coefficient (Wildman–Crippen LogP) is 3.74. The zero-order valence-electron chi connectivity index (χ0n) is 19.5. The van der Waals surface area contributed by atoms with Crippen LogP contribution in [0.15, 0.2) is 43.4 Å². The van der Waals surface area contributed by atoms with Crippen molar-refractivity contribution in [3.05, 3.63) is 49.1 Å². The summed E-state index contributed by atoms with van der Waals surface area (Å²) < 4.78 is 51.0. The van der Waals surface area contributed by atoms with Crippen LogP contribution in [0.25, 0.3) is 22.5 Å². The number of nitrogens with zero attached hydrogens (tertiary/aromatic N) is 8. The lowest BCUT2D eigenvalue weighted by Crippen LogP contribution is -2.50. The highest BCUT2D eigenvalue weighted by atomic mass is 19.4. The van der Waals surface area contributed by atoms with E-state index < -0.39 is 12.5 Å². The molecule has 6 rings (SSSR count). The Bertz CT molecular complexity index is 1440. The van der Waals surface area contributed by atoms with Gasteiger partial charge in [0.15, 0.2) is 11.5 Å². The lowest BCUT2D eigenvalue weighted by molar-refractivity contribution is -0.295. The summed E-state index contributed by atoms with van der Waals surface area (Å²) in [6.07, 6.45) is 1.59. The molecule has 6 heterocycles. The number of aryl methyl sites for hydroxylation is 1. The van der Waals surface area contributed by atoms with E-state index in [1.54, 1.807) is 11.0 Å². The summed E-state index contributed by atoms with van der Waals surface area (Å²) in [5, 5.41) is 4.79. The van der Waals surface area contributed by atoms with Gasteiger partial charge in [0.2, 0.25) is 5.88 Å². The van der Waals surface area contributed by atoms with E-state index in [1.807, 2.05) is 35.9 Å². The van der Waals surface area contributed by atoms with Gasteiger partial charge in [0.1, 0.15) is 25.1 Å². The van der Waals surface area contributed by atoms with Gasteiger partial charge in [-0.15, -0.1) is 13.2 Å². The Kier molecular flexibility index (Phi) is 5.46. The second-order valence-electron chi connectivity index (χ2n) is 9.03. The monoisotopic (exact) mass is 514 g/mol. The summed E-state index contributed by atoms with van der Waals surface area (Å²) in [4.78, 5) is 30.6. The van der Waals surface area contributed by atoms with Gasteiger partial charge in [-0.3, -0.25) is 4.57 Å². The highest BCUT2D eigenvalue weighted by molar-refractivity contribution is 5.83. The molecule has 0 saturated carbocycles. The number of piperidine rings is 1. The van der Waals surface area contributed by atoms with E-state index in [0.29, 0.717) is 48.4 Å². The predicted molar refractivity (Wildman–Crippen MR) is 121 cm³/mol. The first kappa shape index (κ1) is 23.2. The van der Waals surface area contributed by atoms with E-state index in [-0.39, 0.29) is 18.2 Å². The molecule has 0 spiro atoms. The maximum atomic E-state index is 12.6. The Morgan fingerprint density at radius 2 is 1.86 bits per heavy atom. The van der Waals surface area contributed by atoms with Crippen LogP contribution >= 0.6 is 0 Å². The first-order chi connectivity index (χ1) is 17.8. The third kappa shape index (κ3) is 4.32. The molecule has 0 unspecified atom stereocenters. The molecule has 2 aliphatic heterocycles. The Morgan fingerprint density at radius 1 is 1.08 bits per heavy atom. The van der Waals surface area contributed by atoms with Gasteiger partial charge in [-0.2, -0.15) is 5.10 Å². The van der Waals surface area contributed by atoms with E-state index >= 15 is 0 Å². The van der Waals surface area contributed by atoms with Crippen molar-refractivity contribution in [2.75, 3.05) is 0 Å². The Morgan fingerprint density at radius 3 is 2.54 bits per heavy atom. The third-order valence-corrected chi connectivity index (χ3v) is 6.78. The highest BCUT2D eigenvalue weighted by Crippen LogP contribution is 2.39. The standard InChI is InChI=1S/C23H21F3N8O3/c1-13-18(4-5-19(31-13)33-12-27-10-30-33)32-7-6-17-20(32)28-11-29-21(17)36-16-8-14-2-3-15(9-16)34(14)22(35)37-23(24,25)26/h4-7,10-12,14-16H,2-3,8-9H2,1H3/t14-,15-/m0/s1. The quantitative estimate of drug-likeness (QED) is 0.405.